The van der Waals surface area contributed by atoms with Gasteiger partial charge in [0.25, 0.3) is 5.91 Å². The molecule has 0 spiro atoms. The summed E-state index contributed by atoms with van der Waals surface area (Å²) >= 11 is 1.39. The molecule has 1 aliphatic rings. The molecule has 0 aliphatic carbocycles. The van der Waals surface area contributed by atoms with E-state index in [0.29, 0.717) is 24.4 Å². The highest BCUT2D eigenvalue weighted by Gasteiger charge is 2.24. The van der Waals surface area contributed by atoms with E-state index in [9.17, 15) is 4.79 Å². The molecule has 6 nitrogen and oxygen atoms in total. The van der Waals surface area contributed by atoms with Crippen LogP contribution in [0.5, 0.6) is 5.75 Å². The van der Waals surface area contributed by atoms with Gasteiger partial charge in [0.1, 0.15) is 11.5 Å². The number of piperazine rings is 1. The second kappa shape index (κ2) is 11.3. The lowest BCUT2D eigenvalue weighted by Gasteiger charge is -2.36. The molecule has 0 atom stereocenters. The molecule has 1 aliphatic heterocycles. The van der Waals surface area contributed by atoms with Gasteiger partial charge in [-0.1, -0.05) is 37.4 Å². The van der Waals surface area contributed by atoms with Gasteiger partial charge in [0, 0.05) is 36.6 Å². The number of hydrogen-bond donors (Lipinski definition) is 1. The molecule has 0 radical (unpaired) electrons. The van der Waals surface area contributed by atoms with E-state index in [2.05, 4.69) is 28.8 Å². The SMILES string of the molecule is C=C/C=C(/NSc1cccc(C(=O)N2CCN(c3ccccc3OC)CC2)c1)C(=C)OC. The zero-order chi connectivity index (χ0) is 22.9. The summed E-state index contributed by atoms with van der Waals surface area (Å²) in [7, 11) is 3.25. The first-order valence-electron chi connectivity index (χ1n) is 10.3. The van der Waals surface area contributed by atoms with Crippen molar-refractivity contribution in [1.82, 2.24) is 9.62 Å². The Hall–Kier alpha value is -3.32. The molecule has 1 heterocycles. The Morgan fingerprint density at radius 2 is 1.84 bits per heavy atom. The van der Waals surface area contributed by atoms with Crippen LogP contribution in [0.25, 0.3) is 0 Å². The first kappa shape index (κ1) is 23.3. The van der Waals surface area contributed by atoms with E-state index >= 15 is 0 Å². The molecule has 1 N–H and O–H groups in total. The third-order valence-corrected chi connectivity index (χ3v) is 6.00. The maximum Gasteiger partial charge on any atom is 0.254 e. The van der Waals surface area contributed by atoms with Crippen LogP contribution in [0.4, 0.5) is 5.69 Å². The molecule has 2 aromatic carbocycles. The van der Waals surface area contributed by atoms with E-state index in [4.69, 9.17) is 9.47 Å². The second-order valence-electron chi connectivity index (χ2n) is 7.13. The van der Waals surface area contributed by atoms with Crippen LogP contribution < -0.4 is 14.4 Å². The fraction of sp³-hybridized carbons (Fsp3) is 0.240. The van der Waals surface area contributed by atoms with Crippen LogP contribution >= 0.6 is 11.9 Å². The van der Waals surface area contributed by atoms with Crippen LogP contribution in [0.1, 0.15) is 10.4 Å². The van der Waals surface area contributed by atoms with Crippen LogP contribution in [0.2, 0.25) is 0 Å². The van der Waals surface area contributed by atoms with Gasteiger partial charge in [-0.3, -0.25) is 4.79 Å². The van der Waals surface area contributed by atoms with E-state index in [0.717, 1.165) is 35.1 Å². The van der Waals surface area contributed by atoms with Gasteiger partial charge in [-0.25, -0.2) is 0 Å². The monoisotopic (exact) mass is 451 g/mol. The zero-order valence-corrected chi connectivity index (χ0v) is 19.4. The highest BCUT2D eigenvalue weighted by Crippen LogP contribution is 2.28. The fourth-order valence-electron chi connectivity index (χ4n) is 3.44. The Labute approximate surface area is 194 Å². The Bertz CT molecular complexity index is 997. The minimum absolute atomic E-state index is 0.0373. The molecule has 2 aromatic rings. The molecule has 1 saturated heterocycles. The van der Waals surface area contributed by atoms with Crippen LogP contribution in [0.3, 0.4) is 0 Å². The van der Waals surface area contributed by atoms with Crippen molar-refractivity contribution in [2.75, 3.05) is 45.3 Å². The molecule has 0 unspecified atom stereocenters. The lowest BCUT2D eigenvalue weighted by molar-refractivity contribution is 0.0746. The van der Waals surface area contributed by atoms with Gasteiger partial charge < -0.3 is 24.0 Å². The second-order valence-corrected chi connectivity index (χ2v) is 8.01. The van der Waals surface area contributed by atoms with Crippen LogP contribution in [-0.2, 0) is 4.74 Å². The fourth-order valence-corrected chi connectivity index (χ4v) is 4.18. The summed E-state index contributed by atoms with van der Waals surface area (Å²) in [5.41, 5.74) is 2.45. The van der Waals surface area contributed by atoms with Gasteiger partial charge in [-0.15, -0.1) is 0 Å². The lowest BCUT2D eigenvalue weighted by atomic mass is 10.1. The standard InChI is InChI=1S/C25H29N3O3S/c1-5-9-22(19(2)30-3)26-32-21-11-8-10-20(18-21)25(29)28-16-14-27(15-17-28)23-12-6-7-13-24(23)31-4/h5-13,18,26H,1-2,14-17H2,3-4H3/b22-9+. The number of ether oxygens (including phenoxy) is 2. The number of hydrogen-bond acceptors (Lipinski definition) is 6. The van der Waals surface area contributed by atoms with Gasteiger partial charge in [-0.2, -0.15) is 0 Å². The predicted octanol–water partition coefficient (Wildman–Crippen LogP) is 4.48. The molecule has 32 heavy (non-hydrogen) atoms. The van der Waals surface area contributed by atoms with Crippen LogP contribution in [-0.4, -0.2) is 51.2 Å². The molecule has 1 fully saturated rings. The van der Waals surface area contributed by atoms with Gasteiger partial charge in [0.05, 0.1) is 25.6 Å². The Kier molecular flexibility index (Phi) is 8.27. The van der Waals surface area contributed by atoms with Gasteiger partial charge in [0.2, 0.25) is 0 Å². The summed E-state index contributed by atoms with van der Waals surface area (Å²) in [6.45, 7) is 10.4. The average Bonchev–Trinajstić information content (AvgIpc) is 2.85. The first-order valence-corrected chi connectivity index (χ1v) is 11.1. The Morgan fingerprint density at radius 3 is 2.53 bits per heavy atom. The molecule has 1 amide bonds. The van der Waals surface area contributed by atoms with Gasteiger partial charge in [0.15, 0.2) is 0 Å². The molecule has 3 rings (SSSR count). The number of nitrogens with one attached hydrogen (secondary N) is 1. The van der Waals surface area contributed by atoms with Crippen molar-refractivity contribution in [3.8, 4) is 5.75 Å². The predicted molar refractivity (Wildman–Crippen MR) is 131 cm³/mol. The number of allylic oxidation sites excluding steroid dienone is 2. The summed E-state index contributed by atoms with van der Waals surface area (Å²) in [5, 5.41) is 0. The number of benzene rings is 2. The van der Waals surface area contributed by atoms with Crippen molar-refractivity contribution < 1.29 is 14.3 Å². The largest absolute Gasteiger partial charge is 0.495 e. The number of nitrogens with zero attached hydrogens (tertiary/aromatic N) is 2. The maximum atomic E-state index is 13.1. The number of carbonyl (C=O) groups is 1. The van der Waals surface area contributed by atoms with Crippen LogP contribution in [0.15, 0.2) is 90.2 Å². The van der Waals surface area contributed by atoms with E-state index in [-0.39, 0.29) is 5.91 Å². The number of methoxy groups -OCH3 is 2. The lowest BCUT2D eigenvalue weighted by Crippen LogP contribution is -2.48. The number of amides is 1. The Morgan fingerprint density at radius 1 is 1.09 bits per heavy atom. The van der Waals surface area contributed by atoms with Crippen molar-refractivity contribution in [1.29, 1.82) is 0 Å². The molecule has 7 heteroatoms. The van der Waals surface area contributed by atoms with Crippen molar-refractivity contribution in [3.05, 3.63) is 90.9 Å². The van der Waals surface area contributed by atoms with Crippen molar-refractivity contribution in [2.45, 2.75) is 4.90 Å². The average molecular weight is 452 g/mol. The summed E-state index contributed by atoms with van der Waals surface area (Å²) in [6, 6.07) is 15.6. The molecule has 0 bridgehead atoms. The molecule has 0 saturated carbocycles. The summed E-state index contributed by atoms with van der Waals surface area (Å²) in [4.78, 5) is 18.2. The van der Waals surface area contributed by atoms with Crippen molar-refractivity contribution >= 4 is 23.5 Å². The van der Waals surface area contributed by atoms with E-state index in [1.54, 1.807) is 26.4 Å². The normalized spacial score (nSPS) is 14.0. The minimum Gasteiger partial charge on any atom is -0.495 e. The third-order valence-electron chi connectivity index (χ3n) is 5.18. The topological polar surface area (TPSA) is 54.0 Å². The quantitative estimate of drug-likeness (QED) is 0.345. The summed E-state index contributed by atoms with van der Waals surface area (Å²) in [5.74, 6) is 1.40. The third kappa shape index (κ3) is 5.68. The number of para-hydroxylation sites is 2. The number of anilines is 1. The van der Waals surface area contributed by atoms with Gasteiger partial charge >= 0.3 is 0 Å². The number of rotatable bonds is 9. The van der Waals surface area contributed by atoms with E-state index in [1.165, 1.54) is 11.9 Å². The highest BCUT2D eigenvalue weighted by molar-refractivity contribution is 7.97. The highest BCUT2D eigenvalue weighted by atomic mass is 32.2. The minimum atomic E-state index is 0.0373. The molecular formula is C25H29N3O3S. The molecule has 0 aromatic heterocycles. The molecular weight excluding hydrogens is 422 g/mol. The Balaban J connectivity index is 1.62. The van der Waals surface area contributed by atoms with Crippen LogP contribution in [0, 0.1) is 0 Å². The smallest absolute Gasteiger partial charge is 0.254 e. The summed E-state index contributed by atoms with van der Waals surface area (Å²) < 4.78 is 13.9. The first-order chi connectivity index (χ1) is 15.6. The zero-order valence-electron chi connectivity index (χ0n) is 18.5. The molecule has 168 valence electrons. The van der Waals surface area contributed by atoms with E-state index in [1.807, 2.05) is 47.4 Å². The maximum absolute atomic E-state index is 13.1. The number of carbonyl (C=O) groups excluding carboxylic acids is 1. The van der Waals surface area contributed by atoms with E-state index < -0.39 is 0 Å². The summed E-state index contributed by atoms with van der Waals surface area (Å²) in [6.07, 6.45) is 3.45. The van der Waals surface area contributed by atoms with Crippen molar-refractivity contribution in [2.24, 2.45) is 0 Å². The van der Waals surface area contributed by atoms with Crippen molar-refractivity contribution in [3.63, 3.8) is 0 Å². The van der Waals surface area contributed by atoms with Gasteiger partial charge in [-0.05, 0) is 48.4 Å².